The Hall–Kier alpha value is -5.89. The van der Waals surface area contributed by atoms with Crippen molar-refractivity contribution in [1.82, 2.24) is 20.9 Å². The van der Waals surface area contributed by atoms with E-state index in [9.17, 15) is 19.2 Å². The van der Waals surface area contributed by atoms with Gasteiger partial charge in [-0.05, 0) is 72.7 Å². The van der Waals surface area contributed by atoms with E-state index in [0.717, 1.165) is 33.2 Å². The van der Waals surface area contributed by atoms with Gasteiger partial charge in [0.1, 0.15) is 23.9 Å². The standard InChI is InChI=1S/C38H49N9O5/c1-52-28-16-17-30-29(22-28)27(23-44-30)21-33(45-34(48)11-7-18-39)37(51)47-32(20-24-12-14-26(15-13-24)25-8-3-2-4-9-25)36(50)46-31(35(40)49)10-5-6-19-43-38(41)42/h2-4,8-9,12-17,22-23,31-33,44H,5-7,10-11,18-21,39H2,1H3,(H2,40,49)(H,45,48)(H,46,50)(H,47,51)(H4,41,42,43)/t31-,32-,33-/m0/s1. The van der Waals surface area contributed by atoms with Gasteiger partial charge in [0, 0.05) is 42.9 Å². The molecule has 0 aliphatic carbocycles. The lowest BCUT2D eigenvalue weighted by Crippen LogP contribution is -2.57. The summed E-state index contributed by atoms with van der Waals surface area (Å²) in [5.74, 6) is -1.64. The molecule has 276 valence electrons. The molecule has 0 radical (unpaired) electrons. The molecule has 0 aliphatic heterocycles. The number of aromatic nitrogens is 1. The number of hydrogen-bond acceptors (Lipinski definition) is 7. The third-order valence-corrected chi connectivity index (χ3v) is 8.65. The zero-order chi connectivity index (χ0) is 37.5. The molecule has 1 aromatic heterocycles. The largest absolute Gasteiger partial charge is 0.497 e. The van der Waals surface area contributed by atoms with Gasteiger partial charge in [0.15, 0.2) is 5.96 Å². The molecule has 0 spiro atoms. The Labute approximate surface area is 303 Å². The van der Waals surface area contributed by atoms with Crippen molar-refractivity contribution in [1.29, 1.82) is 0 Å². The number of methoxy groups -OCH3 is 1. The molecular weight excluding hydrogens is 662 g/mol. The molecule has 4 rings (SSSR count). The van der Waals surface area contributed by atoms with Crippen molar-refractivity contribution in [2.24, 2.45) is 27.9 Å². The van der Waals surface area contributed by atoms with Crippen molar-refractivity contribution in [2.75, 3.05) is 20.2 Å². The summed E-state index contributed by atoms with van der Waals surface area (Å²) in [6.07, 6.45) is 3.88. The van der Waals surface area contributed by atoms with Gasteiger partial charge < -0.3 is 48.6 Å². The van der Waals surface area contributed by atoms with Crippen molar-refractivity contribution in [3.63, 3.8) is 0 Å². The molecule has 0 aliphatic rings. The molecular formula is C38H49N9O5. The van der Waals surface area contributed by atoms with E-state index in [1.807, 2.05) is 72.8 Å². The summed E-state index contributed by atoms with van der Waals surface area (Å²) >= 11 is 0. The van der Waals surface area contributed by atoms with E-state index in [1.165, 1.54) is 0 Å². The predicted octanol–water partition coefficient (Wildman–Crippen LogP) is 1.75. The molecule has 0 saturated heterocycles. The highest BCUT2D eigenvalue weighted by Gasteiger charge is 2.30. The molecule has 4 amide bonds. The Balaban J connectivity index is 1.59. The Bertz CT molecular complexity index is 1820. The van der Waals surface area contributed by atoms with E-state index in [0.29, 0.717) is 38.1 Å². The van der Waals surface area contributed by atoms with Gasteiger partial charge in [0.2, 0.25) is 23.6 Å². The molecule has 3 atom stereocenters. The Morgan fingerprint density at radius 3 is 2.12 bits per heavy atom. The van der Waals surface area contributed by atoms with Crippen molar-refractivity contribution < 1.29 is 23.9 Å². The molecule has 52 heavy (non-hydrogen) atoms. The van der Waals surface area contributed by atoms with Crippen molar-refractivity contribution >= 4 is 40.5 Å². The maximum atomic E-state index is 14.1. The number of rotatable bonds is 20. The number of amides is 4. The number of fused-ring (bicyclic) bond motifs is 1. The van der Waals surface area contributed by atoms with Crippen LogP contribution >= 0.6 is 0 Å². The molecule has 4 aromatic rings. The number of aromatic amines is 1. The lowest BCUT2D eigenvalue weighted by Gasteiger charge is -2.25. The van der Waals surface area contributed by atoms with Crippen LogP contribution in [0, 0.1) is 0 Å². The fourth-order valence-electron chi connectivity index (χ4n) is 5.82. The molecule has 0 fully saturated rings. The minimum Gasteiger partial charge on any atom is -0.497 e. The van der Waals surface area contributed by atoms with Gasteiger partial charge in [0.25, 0.3) is 0 Å². The lowest BCUT2D eigenvalue weighted by atomic mass is 9.99. The van der Waals surface area contributed by atoms with Crippen molar-refractivity contribution in [2.45, 2.75) is 63.1 Å². The van der Waals surface area contributed by atoms with Crippen LogP contribution in [0.4, 0.5) is 0 Å². The van der Waals surface area contributed by atoms with Gasteiger partial charge in [-0.3, -0.25) is 24.2 Å². The second-order valence-electron chi connectivity index (χ2n) is 12.5. The molecule has 0 unspecified atom stereocenters. The van der Waals surface area contributed by atoms with Gasteiger partial charge in [-0.2, -0.15) is 0 Å². The first kappa shape index (κ1) is 38.9. The number of nitrogens with zero attached hydrogens (tertiary/aromatic N) is 1. The topological polar surface area (TPSA) is 246 Å². The minimum absolute atomic E-state index is 0.0339. The van der Waals surface area contributed by atoms with E-state index in [2.05, 4.69) is 25.9 Å². The van der Waals surface area contributed by atoms with Crippen LogP contribution in [-0.4, -0.2) is 72.9 Å². The zero-order valence-corrected chi connectivity index (χ0v) is 29.4. The number of hydrogen-bond donors (Lipinski definition) is 8. The zero-order valence-electron chi connectivity index (χ0n) is 29.4. The van der Waals surface area contributed by atoms with Crippen LogP contribution in [0.25, 0.3) is 22.0 Å². The number of nitrogens with one attached hydrogen (secondary N) is 4. The monoisotopic (exact) mass is 711 g/mol. The van der Waals surface area contributed by atoms with Gasteiger partial charge in [-0.1, -0.05) is 54.6 Å². The number of carbonyl (C=O) groups is 4. The summed E-state index contributed by atoms with van der Waals surface area (Å²) in [5.41, 5.74) is 26.5. The maximum absolute atomic E-state index is 14.1. The van der Waals surface area contributed by atoms with Gasteiger partial charge in [-0.15, -0.1) is 0 Å². The molecule has 12 N–H and O–H groups in total. The predicted molar refractivity (Wildman–Crippen MR) is 202 cm³/mol. The van der Waals surface area contributed by atoms with E-state index in [1.54, 1.807) is 13.3 Å². The first-order valence-electron chi connectivity index (χ1n) is 17.3. The number of ether oxygens (including phenoxy) is 1. The highest BCUT2D eigenvalue weighted by Crippen LogP contribution is 2.25. The molecule has 14 nitrogen and oxygen atoms in total. The quantitative estimate of drug-likeness (QED) is 0.0380. The molecule has 14 heteroatoms. The molecule has 0 bridgehead atoms. The fourth-order valence-corrected chi connectivity index (χ4v) is 5.82. The normalized spacial score (nSPS) is 12.7. The number of H-pyrrole nitrogens is 1. The summed E-state index contributed by atoms with van der Waals surface area (Å²) in [5, 5.41) is 9.26. The Morgan fingerprint density at radius 1 is 0.788 bits per heavy atom. The summed E-state index contributed by atoms with van der Waals surface area (Å²) < 4.78 is 5.40. The van der Waals surface area contributed by atoms with Crippen molar-refractivity contribution in [3.8, 4) is 16.9 Å². The van der Waals surface area contributed by atoms with Gasteiger partial charge >= 0.3 is 0 Å². The summed E-state index contributed by atoms with van der Waals surface area (Å²) in [6.45, 7) is 0.675. The van der Waals surface area contributed by atoms with E-state index >= 15 is 0 Å². The summed E-state index contributed by atoms with van der Waals surface area (Å²) in [6, 6.07) is 19.9. The Kier molecular flexibility index (Phi) is 14.6. The minimum atomic E-state index is -1.12. The van der Waals surface area contributed by atoms with Crippen LogP contribution in [0.2, 0.25) is 0 Å². The second-order valence-corrected chi connectivity index (χ2v) is 12.5. The van der Waals surface area contributed by atoms with Crippen LogP contribution in [0.1, 0.15) is 43.2 Å². The van der Waals surface area contributed by atoms with Crippen LogP contribution in [0.15, 0.2) is 84.0 Å². The van der Waals surface area contributed by atoms with E-state index in [-0.39, 0.29) is 37.6 Å². The number of aliphatic imine (C=N–C) groups is 1. The molecule has 1 heterocycles. The average molecular weight is 712 g/mol. The molecule has 0 saturated carbocycles. The first-order chi connectivity index (χ1) is 25.1. The van der Waals surface area contributed by atoms with Crippen molar-refractivity contribution in [3.05, 3.63) is 90.1 Å². The fraction of sp³-hybridized carbons (Fsp3) is 0.342. The van der Waals surface area contributed by atoms with Crippen LogP contribution in [0.5, 0.6) is 5.75 Å². The lowest BCUT2D eigenvalue weighted by molar-refractivity contribution is -0.133. The third-order valence-electron chi connectivity index (χ3n) is 8.65. The van der Waals surface area contributed by atoms with Crippen LogP contribution in [-0.2, 0) is 32.0 Å². The summed E-state index contributed by atoms with van der Waals surface area (Å²) in [7, 11) is 1.57. The molecule has 3 aromatic carbocycles. The average Bonchev–Trinajstić information content (AvgIpc) is 3.54. The number of guanidine groups is 1. The number of benzene rings is 3. The smallest absolute Gasteiger partial charge is 0.243 e. The highest BCUT2D eigenvalue weighted by atomic mass is 16.5. The first-order valence-corrected chi connectivity index (χ1v) is 17.3. The van der Waals surface area contributed by atoms with E-state index < -0.39 is 35.8 Å². The third kappa shape index (κ3) is 11.6. The van der Waals surface area contributed by atoms with Gasteiger partial charge in [0.05, 0.1) is 7.11 Å². The maximum Gasteiger partial charge on any atom is 0.243 e. The van der Waals surface area contributed by atoms with Crippen LogP contribution in [0.3, 0.4) is 0 Å². The number of unbranched alkanes of at least 4 members (excludes halogenated alkanes) is 1. The number of nitrogens with two attached hydrogens (primary N) is 4. The van der Waals surface area contributed by atoms with Gasteiger partial charge in [-0.25, -0.2) is 0 Å². The summed E-state index contributed by atoms with van der Waals surface area (Å²) in [4.78, 5) is 60.5. The highest BCUT2D eigenvalue weighted by molar-refractivity contribution is 5.95. The second kappa shape index (κ2) is 19.5. The van der Waals surface area contributed by atoms with E-state index in [4.69, 9.17) is 27.7 Å². The number of carbonyl (C=O) groups excluding carboxylic acids is 4. The Morgan fingerprint density at radius 2 is 1.46 bits per heavy atom. The van der Waals surface area contributed by atoms with Crippen LogP contribution < -0.4 is 43.6 Å². The number of primary amides is 1. The SMILES string of the molecule is COc1ccc2[nH]cc(C[C@H](NC(=O)CCCN)C(=O)N[C@@H](Cc3ccc(-c4ccccc4)cc3)C(=O)N[C@@H](CCCCN=C(N)N)C(N)=O)c2c1.